The van der Waals surface area contributed by atoms with Gasteiger partial charge in [0.15, 0.2) is 0 Å². The first kappa shape index (κ1) is 28.9. The fourth-order valence-corrected chi connectivity index (χ4v) is 5.29. The van der Waals surface area contributed by atoms with E-state index in [9.17, 15) is 0 Å². The maximum Gasteiger partial charge on any atom is 0.0849 e. The first-order valence-corrected chi connectivity index (χ1v) is 14.8. The number of aromatic nitrogens is 1. The number of hydrogen-bond acceptors (Lipinski definition) is 3. The molecule has 1 aromatic heterocycles. The van der Waals surface area contributed by atoms with Crippen LogP contribution < -0.4 is 0 Å². The van der Waals surface area contributed by atoms with E-state index < -0.39 is 0 Å². The van der Waals surface area contributed by atoms with Crippen LogP contribution in [0.3, 0.4) is 0 Å². The first-order chi connectivity index (χ1) is 20.3. The Morgan fingerprint density at radius 3 is 1.33 bits per heavy atom. The minimum absolute atomic E-state index is 0.382. The lowest BCUT2D eigenvalue weighted by atomic mass is 9.93. The summed E-state index contributed by atoms with van der Waals surface area (Å²) in [6.07, 6.45) is 0. The Kier molecular flexibility index (Phi) is 8.88. The number of benzene rings is 4. The van der Waals surface area contributed by atoms with Gasteiger partial charge >= 0.3 is 0 Å². The van der Waals surface area contributed by atoms with E-state index in [4.69, 9.17) is 15.0 Å². The Labute approximate surface area is 250 Å². The molecule has 0 saturated heterocycles. The Morgan fingerprint density at radius 2 is 0.881 bits per heavy atom. The molecule has 0 radical (unpaired) electrons. The lowest BCUT2D eigenvalue weighted by Gasteiger charge is -2.17. The largest absolute Gasteiger partial charge is 0.251 e. The zero-order chi connectivity index (χ0) is 29.6. The lowest BCUT2D eigenvalue weighted by molar-refractivity contribution is 0.834. The number of nitrogens with zero attached hydrogens (tertiary/aromatic N) is 3. The van der Waals surface area contributed by atoms with E-state index in [-0.39, 0.29) is 0 Å². The summed E-state index contributed by atoms with van der Waals surface area (Å²) in [5.74, 6) is 0.764. The van der Waals surface area contributed by atoms with Crippen molar-refractivity contribution in [2.24, 2.45) is 9.98 Å². The van der Waals surface area contributed by atoms with Gasteiger partial charge in [0.2, 0.25) is 0 Å². The summed E-state index contributed by atoms with van der Waals surface area (Å²) in [4.78, 5) is 15.5. The van der Waals surface area contributed by atoms with Gasteiger partial charge in [0.05, 0.1) is 34.2 Å². The molecule has 5 rings (SSSR count). The summed E-state index contributed by atoms with van der Waals surface area (Å²) < 4.78 is 0. The summed E-state index contributed by atoms with van der Waals surface area (Å²) in [5.41, 5.74) is 12.5. The van der Waals surface area contributed by atoms with Crippen LogP contribution in [0.1, 0.15) is 75.9 Å². The highest BCUT2D eigenvalue weighted by molar-refractivity contribution is 6.04. The van der Waals surface area contributed by atoms with Gasteiger partial charge in [-0.1, -0.05) is 131 Å². The molecule has 0 unspecified atom stereocenters. The minimum Gasteiger partial charge on any atom is -0.251 e. The van der Waals surface area contributed by atoms with Gasteiger partial charge in [-0.05, 0) is 60.1 Å². The molecule has 4 aromatic carbocycles. The molecule has 5 aromatic rings. The second kappa shape index (κ2) is 12.9. The van der Waals surface area contributed by atoms with Gasteiger partial charge in [-0.2, -0.15) is 0 Å². The molecule has 210 valence electrons. The van der Waals surface area contributed by atoms with Gasteiger partial charge in [0.25, 0.3) is 0 Å². The molecule has 0 N–H and O–H groups in total. The van der Waals surface area contributed by atoms with Crippen molar-refractivity contribution in [1.82, 2.24) is 4.98 Å². The van der Waals surface area contributed by atoms with E-state index in [1.54, 1.807) is 0 Å². The van der Waals surface area contributed by atoms with Crippen molar-refractivity contribution in [1.29, 1.82) is 0 Å². The molecule has 0 fully saturated rings. The summed E-state index contributed by atoms with van der Waals surface area (Å²) >= 11 is 0. The van der Waals surface area contributed by atoms with Crippen LogP contribution in [0.4, 0.5) is 11.4 Å². The van der Waals surface area contributed by atoms with Crippen LogP contribution in [-0.4, -0.2) is 16.4 Å². The molecular weight excluding hydrogens is 510 g/mol. The Hall–Kier alpha value is -4.63. The Morgan fingerprint density at radius 1 is 0.476 bits per heavy atom. The van der Waals surface area contributed by atoms with E-state index in [0.717, 1.165) is 56.4 Å². The van der Waals surface area contributed by atoms with Crippen LogP contribution in [0.5, 0.6) is 0 Å². The number of para-hydroxylation sites is 2. The Balaban J connectivity index is 1.60. The van der Waals surface area contributed by atoms with Gasteiger partial charge in [-0.15, -0.1) is 0 Å². The van der Waals surface area contributed by atoms with Crippen LogP contribution in [0.2, 0.25) is 0 Å². The van der Waals surface area contributed by atoms with E-state index >= 15 is 0 Å². The molecule has 0 aliphatic carbocycles. The SMILES string of the molecule is C/C(=N\c1c(-c2ccccc2)cccc1-c1ccccc1)c1cccc(/C(C)=N/c2c(C(C)C)cccc2C(C)C)n1. The van der Waals surface area contributed by atoms with E-state index in [0.29, 0.717) is 11.8 Å². The summed E-state index contributed by atoms with van der Waals surface area (Å²) in [5, 5.41) is 0. The number of hydrogen-bond donors (Lipinski definition) is 0. The van der Waals surface area contributed by atoms with Crippen molar-refractivity contribution >= 4 is 22.8 Å². The van der Waals surface area contributed by atoms with Crippen LogP contribution >= 0.6 is 0 Å². The van der Waals surface area contributed by atoms with Gasteiger partial charge in [0.1, 0.15) is 0 Å². The molecule has 0 spiro atoms. The third-order valence-electron chi connectivity index (χ3n) is 7.60. The third-order valence-corrected chi connectivity index (χ3v) is 7.60. The zero-order valence-electron chi connectivity index (χ0n) is 25.5. The van der Waals surface area contributed by atoms with Gasteiger partial charge in [-0.25, -0.2) is 4.98 Å². The van der Waals surface area contributed by atoms with Gasteiger partial charge < -0.3 is 0 Å². The van der Waals surface area contributed by atoms with Crippen LogP contribution in [0.25, 0.3) is 22.3 Å². The number of aliphatic imine (C=N–C) groups is 2. The molecule has 0 amide bonds. The van der Waals surface area contributed by atoms with Crippen LogP contribution in [-0.2, 0) is 0 Å². The van der Waals surface area contributed by atoms with Crippen molar-refractivity contribution < 1.29 is 0 Å². The molecule has 0 saturated carbocycles. The highest BCUT2D eigenvalue weighted by atomic mass is 14.8. The lowest BCUT2D eigenvalue weighted by Crippen LogP contribution is -2.06. The van der Waals surface area contributed by atoms with Gasteiger partial charge in [-0.3, -0.25) is 9.98 Å². The predicted octanol–water partition coefficient (Wildman–Crippen LogP) is 10.9. The number of pyridine rings is 1. The quantitative estimate of drug-likeness (QED) is 0.177. The molecule has 1 heterocycles. The predicted molar refractivity (Wildman–Crippen MR) is 180 cm³/mol. The highest BCUT2D eigenvalue weighted by Gasteiger charge is 2.16. The average molecular weight is 550 g/mol. The maximum atomic E-state index is 5.26. The maximum absolute atomic E-state index is 5.26. The first-order valence-electron chi connectivity index (χ1n) is 14.8. The second-order valence-electron chi connectivity index (χ2n) is 11.3. The van der Waals surface area contributed by atoms with Crippen molar-refractivity contribution in [2.75, 3.05) is 0 Å². The fraction of sp³-hybridized carbons (Fsp3) is 0.205. The van der Waals surface area contributed by atoms with Crippen molar-refractivity contribution in [2.45, 2.75) is 53.4 Å². The second-order valence-corrected chi connectivity index (χ2v) is 11.3. The monoisotopic (exact) mass is 549 g/mol. The summed E-state index contributed by atoms with van der Waals surface area (Å²) in [7, 11) is 0. The normalized spacial score (nSPS) is 12.3. The Bertz CT molecular complexity index is 1650. The molecule has 0 aliphatic rings. The van der Waals surface area contributed by atoms with Crippen molar-refractivity contribution in [3.05, 3.63) is 138 Å². The van der Waals surface area contributed by atoms with E-state index in [2.05, 4.69) is 126 Å². The van der Waals surface area contributed by atoms with Gasteiger partial charge in [0, 0.05) is 11.1 Å². The molecule has 0 bridgehead atoms. The van der Waals surface area contributed by atoms with Crippen LogP contribution in [0, 0.1) is 0 Å². The fourth-order valence-electron chi connectivity index (χ4n) is 5.29. The molecule has 42 heavy (non-hydrogen) atoms. The van der Waals surface area contributed by atoms with Crippen LogP contribution in [0.15, 0.2) is 125 Å². The third kappa shape index (κ3) is 6.31. The topological polar surface area (TPSA) is 37.6 Å². The van der Waals surface area contributed by atoms with Crippen molar-refractivity contribution in [3.63, 3.8) is 0 Å². The van der Waals surface area contributed by atoms with Crippen molar-refractivity contribution in [3.8, 4) is 22.3 Å². The molecule has 0 aliphatic heterocycles. The zero-order valence-corrected chi connectivity index (χ0v) is 25.5. The highest BCUT2D eigenvalue weighted by Crippen LogP contribution is 2.40. The molecular formula is C39H39N3. The molecule has 0 atom stereocenters. The average Bonchev–Trinajstić information content (AvgIpc) is 3.02. The van der Waals surface area contributed by atoms with E-state index in [1.165, 1.54) is 11.1 Å². The summed E-state index contributed by atoms with van der Waals surface area (Å²) in [6.45, 7) is 13.0. The number of rotatable bonds is 8. The van der Waals surface area contributed by atoms with E-state index in [1.807, 2.05) is 31.2 Å². The smallest absolute Gasteiger partial charge is 0.0849 e. The molecule has 3 heteroatoms. The standard InChI is InChI=1S/C39H39N3/c1-26(2)32-20-13-21-33(27(3)4)38(32)40-28(5)36-24-15-25-37(42-36)29(6)41-39-34(30-16-9-7-10-17-30)22-14-23-35(39)31-18-11-8-12-19-31/h7-27H,1-6H3/b40-28+,41-29+. The molecule has 3 nitrogen and oxygen atoms in total. The minimum atomic E-state index is 0.382. The summed E-state index contributed by atoms with van der Waals surface area (Å²) in [6, 6.07) is 40.0.